The molecule has 0 N–H and O–H groups in total. The summed E-state index contributed by atoms with van der Waals surface area (Å²) < 4.78 is 1.15. The minimum atomic E-state index is -0.654. The Balaban J connectivity index is 0.00000192. The molecule has 1 aliphatic carbocycles. The van der Waals surface area contributed by atoms with E-state index in [0.29, 0.717) is 3.12 Å². The van der Waals surface area contributed by atoms with Crippen LogP contribution in [0.3, 0.4) is 0 Å². The summed E-state index contributed by atoms with van der Waals surface area (Å²) in [7, 11) is 0.119. The van der Waals surface area contributed by atoms with Gasteiger partial charge >= 0.3 is 148 Å². The Kier molecular flexibility index (Phi) is 11.4. The van der Waals surface area contributed by atoms with Crippen LogP contribution in [0, 0.1) is 0 Å². The Labute approximate surface area is 183 Å². The van der Waals surface area contributed by atoms with Crippen molar-refractivity contribution >= 4 is 14.0 Å². The summed E-state index contributed by atoms with van der Waals surface area (Å²) >= 11 is -0.654. The summed E-state index contributed by atoms with van der Waals surface area (Å²) in [5, 5.41) is 0. The maximum Gasteiger partial charge on any atom is -1.00 e. The summed E-state index contributed by atoms with van der Waals surface area (Å²) in [6.45, 7) is 7.38. The number of hydrogen-bond acceptors (Lipinski definition) is 0. The molecule has 0 aliphatic heterocycles. The van der Waals surface area contributed by atoms with E-state index < -0.39 is 23.2 Å². The first kappa shape index (κ1) is 25.4. The molecule has 0 saturated carbocycles. The van der Waals surface area contributed by atoms with Crippen LogP contribution in [0.15, 0.2) is 60.7 Å². The largest absolute Gasteiger partial charge is 1.00 e. The van der Waals surface area contributed by atoms with Gasteiger partial charge in [-0.3, -0.25) is 0 Å². The Bertz CT molecular complexity index is 676. The Morgan fingerprint density at radius 3 is 2.16 bits per heavy atom. The SMILES string of the molecule is CP(C)C[C](C)([Zr+3][CH]1C=Cc2ccccc21)c1ccccc1.[Cl-].[Cl-].[Cl-]. The third-order valence-corrected chi connectivity index (χ3v) is 11.0. The molecule has 0 spiro atoms. The molecular formula is C20H23Cl3PZr. The van der Waals surface area contributed by atoms with E-state index in [0.717, 1.165) is 3.63 Å². The Morgan fingerprint density at radius 2 is 1.52 bits per heavy atom. The van der Waals surface area contributed by atoms with Gasteiger partial charge in [0.2, 0.25) is 0 Å². The summed E-state index contributed by atoms with van der Waals surface area (Å²) in [4.78, 5) is 0. The van der Waals surface area contributed by atoms with E-state index in [1.807, 2.05) is 0 Å². The molecule has 2 aromatic rings. The Morgan fingerprint density at radius 1 is 0.920 bits per heavy atom. The van der Waals surface area contributed by atoms with E-state index >= 15 is 0 Å². The molecule has 2 atom stereocenters. The molecule has 0 nitrogen and oxygen atoms in total. The van der Waals surface area contributed by atoms with Crippen LogP contribution in [-0.4, -0.2) is 19.5 Å². The molecule has 25 heavy (non-hydrogen) atoms. The molecule has 0 heterocycles. The second-order valence-electron chi connectivity index (χ2n) is 6.55. The Hall–Kier alpha value is 0.363. The van der Waals surface area contributed by atoms with E-state index in [9.17, 15) is 0 Å². The molecule has 133 valence electrons. The second-order valence-corrected chi connectivity index (χ2v) is 14.0. The van der Waals surface area contributed by atoms with Crippen molar-refractivity contribution in [3.05, 3.63) is 77.4 Å². The van der Waals surface area contributed by atoms with Crippen LogP contribution in [0.1, 0.15) is 27.2 Å². The molecule has 0 fully saturated rings. The average Bonchev–Trinajstić information content (AvgIpc) is 2.90. The van der Waals surface area contributed by atoms with E-state index in [1.54, 1.807) is 11.1 Å². The standard InChI is InChI=1S/C11H16P.C9H7.3ClH.Zr/c1-10(9-12(2)3)11-7-5-4-6-8-11;1-2-5-9-7-3-6-8(9)4-1;;;;/h4-8H,9H2,1-3H3;1-7H;3*1H;/q;;;;;+3/p-3. The van der Waals surface area contributed by atoms with Crippen molar-refractivity contribution in [2.24, 2.45) is 0 Å². The molecule has 0 saturated heterocycles. The van der Waals surface area contributed by atoms with Gasteiger partial charge in [-0.1, -0.05) is 0 Å². The van der Waals surface area contributed by atoms with Gasteiger partial charge in [0.05, 0.1) is 0 Å². The van der Waals surface area contributed by atoms with E-state index in [2.05, 4.69) is 87.0 Å². The van der Waals surface area contributed by atoms with Crippen LogP contribution < -0.4 is 37.2 Å². The molecule has 3 rings (SSSR count). The number of hydrogen-bond donors (Lipinski definition) is 0. The maximum absolute atomic E-state index is 2.53. The van der Waals surface area contributed by atoms with Crippen LogP contribution in [0.2, 0.25) is 0 Å². The van der Waals surface area contributed by atoms with Gasteiger partial charge in [-0.05, 0) is 0 Å². The molecule has 2 aromatic carbocycles. The third kappa shape index (κ3) is 6.19. The molecule has 0 bridgehead atoms. The topological polar surface area (TPSA) is 0 Å². The number of halogens is 3. The second kappa shape index (κ2) is 11.3. The molecule has 1 aliphatic rings. The zero-order valence-corrected chi connectivity index (χ0v) is 20.3. The van der Waals surface area contributed by atoms with Crippen molar-refractivity contribution in [3.8, 4) is 0 Å². The number of fused-ring (bicyclic) bond motifs is 1. The van der Waals surface area contributed by atoms with Gasteiger partial charge in [-0.15, -0.1) is 0 Å². The van der Waals surface area contributed by atoms with Crippen molar-refractivity contribution in [2.45, 2.75) is 13.7 Å². The average molecular weight is 492 g/mol. The van der Waals surface area contributed by atoms with Crippen LogP contribution in [0.25, 0.3) is 6.08 Å². The minimum absolute atomic E-state index is 0. The summed E-state index contributed by atoms with van der Waals surface area (Å²) in [6, 6.07) is 20.2. The summed E-state index contributed by atoms with van der Waals surface area (Å²) in [5.41, 5.74) is 4.59. The molecule has 5 heteroatoms. The zero-order chi connectivity index (χ0) is 15.6. The normalized spacial score (nSPS) is 16.6. The van der Waals surface area contributed by atoms with Crippen LogP contribution in [0.5, 0.6) is 0 Å². The number of rotatable bonds is 5. The van der Waals surface area contributed by atoms with Crippen molar-refractivity contribution in [2.75, 3.05) is 19.5 Å². The van der Waals surface area contributed by atoms with Gasteiger partial charge in [-0.2, -0.15) is 0 Å². The van der Waals surface area contributed by atoms with Crippen molar-refractivity contribution in [1.29, 1.82) is 0 Å². The van der Waals surface area contributed by atoms with Crippen molar-refractivity contribution < 1.29 is 60.5 Å². The van der Waals surface area contributed by atoms with E-state index in [1.165, 1.54) is 11.7 Å². The smallest absolute Gasteiger partial charge is 1.00 e. The van der Waals surface area contributed by atoms with Gasteiger partial charge in [0.25, 0.3) is 0 Å². The molecule has 0 radical (unpaired) electrons. The zero-order valence-electron chi connectivity index (χ0n) is 14.7. The first-order valence-electron chi connectivity index (χ1n) is 7.83. The molecule has 0 amide bonds. The predicted octanol–water partition coefficient (Wildman–Crippen LogP) is -3.49. The van der Waals surface area contributed by atoms with Gasteiger partial charge in [0, 0.05) is 0 Å². The van der Waals surface area contributed by atoms with E-state index in [4.69, 9.17) is 0 Å². The first-order valence-corrected chi connectivity index (χ1v) is 12.9. The van der Waals surface area contributed by atoms with Gasteiger partial charge < -0.3 is 37.2 Å². The molecule has 2 unspecified atom stereocenters. The van der Waals surface area contributed by atoms with Gasteiger partial charge in [-0.25, -0.2) is 0 Å². The van der Waals surface area contributed by atoms with Crippen LogP contribution in [-0.2, 0) is 26.4 Å². The molecular weight excluding hydrogens is 469 g/mol. The maximum atomic E-state index is 2.53. The van der Waals surface area contributed by atoms with Crippen molar-refractivity contribution in [1.82, 2.24) is 0 Å². The third-order valence-electron chi connectivity index (χ3n) is 4.32. The fourth-order valence-corrected chi connectivity index (χ4v) is 11.9. The summed E-state index contributed by atoms with van der Waals surface area (Å²) in [5.74, 6) is 0. The van der Waals surface area contributed by atoms with Gasteiger partial charge in [0.1, 0.15) is 0 Å². The number of allylic oxidation sites excluding steroid dienone is 1. The quantitative estimate of drug-likeness (QED) is 0.381. The predicted molar refractivity (Wildman–Crippen MR) is 95.6 cm³/mol. The fraction of sp³-hybridized carbons (Fsp3) is 0.300. The number of benzene rings is 2. The van der Waals surface area contributed by atoms with E-state index in [-0.39, 0.29) is 45.1 Å². The van der Waals surface area contributed by atoms with Crippen molar-refractivity contribution in [3.63, 3.8) is 0 Å². The van der Waals surface area contributed by atoms with Crippen LogP contribution >= 0.6 is 7.92 Å². The molecule has 0 aromatic heterocycles. The first-order chi connectivity index (χ1) is 10.6. The minimum Gasteiger partial charge on any atom is -1.00 e. The van der Waals surface area contributed by atoms with Gasteiger partial charge in [0.15, 0.2) is 0 Å². The summed E-state index contributed by atoms with van der Waals surface area (Å²) in [6.07, 6.45) is 6.18. The van der Waals surface area contributed by atoms with Crippen LogP contribution in [0.4, 0.5) is 0 Å². The monoisotopic (exact) mass is 489 g/mol. The fourth-order valence-electron chi connectivity index (χ4n) is 3.38.